The minimum absolute atomic E-state index is 0.0199. The molecule has 1 atom stereocenters. The van der Waals surface area contributed by atoms with Crippen LogP contribution in [0.2, 0.25) is 0 Å². The zero-order valence-corrected chi connectivity index (χ0v) is 12.4. The summed E-state index contributed by atoms with van der Waals surface area (Å²) in [5.41, 5.74) is 5.68. The second kappa shape index (κ2) is 9.72. The molecule has 1 aliphatic heterocycles. The van der Waals surface area contributed by atoms with Crippen molar-refractivity contribution in [2.24, 2.45) is 11.7 Å². The number of nitrogens with one attached hydrogen (secondary N) is 1. The van der Waals surface area contributed by atoms with E-state index in [0.717, 1.165) is 25.9 Å². The number of nitrogens with zero attached hydrogens (tertiary/aromatic N) is 1. The first-order chi connectivity index (χ1) is 9.65. The number of ether oxygens (including phenoxy) is 1. The first-order valence-electron chi connectivity index (χ1n) is 7.50. The molecule has 0 radical (unpaired) electrons. The van der Waals surface area contributed by atoms with Gasteiger partial charge >= 0.3 is 5.97 Å². The van der Waals surface area contributed by atoms with Crippen molar-refractivity contribution in [2.45, 2.75) is 32.6 Å². The lowest BCUT2D eigenvalue weighted by Crippen LogP contribution is -2.44. The molecule has 1 fully saturated rings. The molecule has 0 aromatic carbocycles. The fourth-order valence-corrected chi connectivity index (χ4v) is 2.44. The highest BCUT2D eigenvalue weighted by molar-refractivity contribution is 5.78. The van der Waals surface area contributed by atoms with Crippen LogP contribution in [-0.4, -0.2) is 56.1 Å². The number of esters is 1. The van der Waals surface area contributed by atoms with Crippen molar-refractivity contribution in [3.05, 3.63) is 0 Å². The van der Waals surface area contributed by atoms with Crippen LogP contribution < -0.4 is 11.1 Å². The molecule has 0 aromatic heterocycles. The van der Waals surface area contributed by atoms with Gasteiger partial charge in [0.1, 0.15) is 0 Å². The van der Waals surface area contributed by atoms with Gasteiger partial charge in [0.25, 0.3) is 0 Å². The molecular formula is C14H27N3O3. The Kier molecular flexibility index (Phi) is 8.22. The van der Waals surface area contributed by atoms with E-state index >= 15 is 0 Å². The summed E-state index contributed by atoms with van der Waals surface area (Å²) in [6.45, 7) is 5.70. The Hall–Kier alpha value is -1.14. The fraction of sp³-hybridized carbons (Fsp3) is 0.857. The van der Waals surface area contributed by atoms with E-state index in [2.05, 4.69) is 10.2 Å². The number of nitrogens with two attached hydrogens (primary N) is 1. The average molecular weight is 285 g/mol. The summed E-state index contributed by atoms with van der Waals surface area (Å²) >= 11 is 0. The summed E-state index contributed by atoms with van der Waals surface area (Å²) < 4.78 is 4.82. The summed E-state index contributed by atoms with van der Waals surface area (Å²) in [6.07, 6.45) is 3.25. The van der Waals surface area contributed by atoms with Crippen LogP contribution in [0.25, 0.3) is 0 Å². The second-order valence-corrected chi connectivity index (χ2v) is 5.24. The fourth-order valence-electron chi connectivity index (χ4n) is 2.44. The van der Waals surface area contributed by atoms with Gasteiger partial charge in [0.05, 0.1) is 13.2 Å². The summed E-state index contributed by atoms with van der Waals surface area (Å²) in [7, 11) is 0. The van der Waals surface area contributed by atoms with E-state index in [1.165, 1.54) is 0 Å². The number of likely N-dealkylation sites (tertiary alicyclic amines) is 1. The molecular weight excluding hydrogens is 258 g/mol. The molecule has 0 aliphatic carbocycles. The lowest BCUT2D eigenvalue weighted by Gasteiger charge is -2.31. The Morgan fingerprint density at radius 2 is 2.25 bits per heavy atom. The maximum absolute atomic E-state index is 11.8. The predicted octanol–water partition coefficient (Wildman–Crippen LogP) is 0.117. The molecule has 3 N–H and O–H groups in total. The number of hydrogen-bond acceptors (Lipinski definition) is 5. The molecule has 20 heavy (non-hydrogen) atoms. The minimum atomic E-state index is -0.205. The molecule has 1 unspecified atom stereocenters. The van der Waals surface area contributed by atoms with E-state index in [9.17, 15) is 9.59 Å². The number of rotatable bonds is 8. The highest BCUT2D eigenvalue weighted by Gasteiger charge is 2.20. The highest BCUT2D eigenvalue weighted by atomic mass is 16.5. The number of hydrogen-bond donors (Lipinski definition) is 2. The Labute approximate surface area is 121 Å². The first-order valence-corrected chi connectivity index (χ1v) is 7.50. The number of carbonyl (C=O) groups excluding carboxylic acids is 2. The molecule has 0 bridgehead atoms. The quantitative estimate of drug-likeness (QED) is 0.489. The largest absolute Gasteiger partial charge is 0.466 e. The summed E-state index contributed by atoms with van der Waals surface area (Å²) in [6, 6.07) is 0. The molecule has 1 aliphatic rings. The van der Waals surface area contributed by atoms with Gasteiger partial charge in [-0.25, -0.2) is 0 Å². The third kappa shape index (κ3) is 6.86. The van der Waals surface area contributed by atoms with Gasteiger partial charge in [0.15, 0.2) is 0 Å². The summed E-state index contributed by atoms with van der Waals surface area (Å²) in [4.78, 5) is 25.0. The van der Waals surface area contributed by atoms with E-state index in [4.69, 9.17) is 10.5 Å². The molecule has 6 nitrogen and oxygen atoms in total. The van der Waals surface area contributed by atoms with Crippen molar-refractivity contribution in [2.75, 3.05) is 39.3 Å². The highest BCUT2D eigenvalue weighted by Crippen LogP contribution is 2.14. The van der Waals surface area contributed by atoms with Crippen LogP contribution in [0.3, 0.4) is 0 Å². The molecule has 1 amide bonds. The molecule has 1 rings (SSSR count). The molecule has 0 aromatic rings. The maximum Gasteiger partial charge on any atom is 0.305 e. The monoisotopic (exact) mass is 285 g/mol. The smallest absolute Gasteiger partial charge is 0.305 e. The van der Waals surface area contributed by atoms with Gasteiger partial charge in [-0.2, -0.15) is 0 Å². The summed E-state index contributed by atoms with van der Waals surface area (Å²) in [5.74, 6) is 0.329. The predicted molar refractivity (Wildman–Crippen MR) is 77.1 cm³/mol. The van der Waals surface area contributed by atoms with Crippen LogP contribution in [0, 0.1) is 5.92 Å². The second-order valence-electron chi connectivity index (χ2n) is 5.24. The Bertz CT molecular complexity index is 310. The van der Waals surface area contributed by atoms with Crippen LogP contribution >= 0.6 is 0 Å². The van der Waals surface area contributed by atoms with Crippen molar-refractivity contribution < 1.29 is 14.3 Å². The SMILES string of the molecule is CCOC(=O)CCCNC(=O)CN1CCCC(CN)C1. The Morgan fingerprint density at radius 3 is 2.95 bits per heavy atom. The maximum atomic E-state index is 11.8. The third-order valence-electron chi connectivity index (χ3n) is 3.49. The first kappa shape index (κ1) is 16.9. The minimum Gasteiger partial charge on any atom is -0.466 e. The van der Waals surface area contributed by atoms with Gasteiger partial charge in [-0.15, -0.1) is 0 Å². The van der Waals surface area contributed by atoms with E-state index in [1.807, 2.05) is 0 Å². The van der Waals surface area contributed by atoms with Gasteiger partial charge < -0.3 is 15.8 Å². The standard InChI is InChI=1S/C14H27N3O3/c1-2-20-14(19)6-3-7-16-13(18)11-17-8-4-5-12(9-15)10-17/h12H,2-11,15H2,1H3,(H,16,18). The topological polar surface area (TPSA) is 84.7 Å². The van der Waals surface area contributed by atoms with Crippen LogP contribution in [0.15, 0.2) is 0 Å². The molecule has 0 saturated carbocycles. The zero-order chi connectivity index (χ0) is 14.8. The lowest BCUT2D eigenvalue weighted by atomic mass is 9.98. The van der Waals surface area contributed by atoms with Gasteiger partial charge in [0.2, 0.25) is 5.91 Å². The number of carbonyl (C=O) groups is 2. The van der Waals surface area contributed by atoms with Crippen LogP contribution in [0.1, 0.15) is 32.6 Å². The number of amides is 1. The van der Waals surface area contributed by atoms with Crippen molar-refractivity contribution in [1.82, 2.24) is 10.2 Å². The van der Waals surface area contributed by atoms with Crippen LogP contribution in [0.4, 0.5) is 0 Å². The van der Waals surface area contributed by atoms with E-state index in [-0.39, 0.29) is 11.9 Å². The van der Waals surface area contributed by atoms with Crippen molar-refractivity contribution >= 4 is 11.9 Å². The Morgan fingerprint density at radius 1 is 1.45 bits per heavy atom. The van der Waals surface area contributed by atoms with Crippen LogP contribution in [0.5, 0.6) is 0 Å². The van der Waals surface area contributed by atoms with Crippen molar-refractivity contribution in [3.8, 4) is 0 Å². The molecule has 0 spiro atoms. The molecule has 116 valence electrons. The van der Waals surface area contributed by atoms with Crippen molar-refractivity contribution in [3.63, 3.8) is 0 Å². The average Bonchev–Trinajstić information content (AvgIpc) is 2.44. The van der Waals surface area contributed by atoms with Crippen LogP contribution in [-0.2, 0) is 14.3 Å². The number of piperidine rings is 1. The van der Waals surface area contributed by atoms with E-state index in [0.29, 0.717) is 45.0 Å². The third-order valence-corrected chi connectivity index (χ3v) is 3.49. The summed E-state index contributed by atoms with van der Waals surface area (Å²) in [5, 5.41) is 2.84. The molecule has 1 heterocycles. The lowest BCUT2D eigenvalue weighted by molar-refractivity contribution is -0.143. The van der Waals surface area contributed by atoms with E-state index in [1.54, 1.807) is 6.92 Å². The van der Waals surface area contributed by atoms with Crippen molar-refractivity contribution in [1.29, 1.82) is 0 Å². The van der Waals surface area contributed by atoms with E-state index < -0.39 is 0 Å². The van der Waals surface area contributed by atoms with Gasteiger partial charge in [0, 0.05) is 19.5 Å². The van der Waals surface area contributed by atoms with Gasteiger partial charge in [-0.3, -0.25) is 14.5 Å². The Balaban J connectivity index is 2.09. The normalized spacial score (nSPS) is 19.6. The zero-order valence-electron chi connectivity index (χ0n) is 12.4. The molecule has 1 saturated heterocycles. The van der Waals surface area contributed by atoms with Gasteiger partial charge in [-0.05, 0) is 45.2 Å². The molecule has 6 heteroatoms. The van der Waals surface area contributed by atoms with Gasteiger partial charge in [-0.1, -0.05) is 0 Å².